The molecule has 0 saturated heterocycles. The van der Waals surface area contributed by atoms with Crippen molar-refractivity contribution in [1.29, 1.82) is 0 Å². The fourth-order valence-electron chi connectivity index (χ4n) is 2.26. The van der Waals surface area contributed by atoms with Crippen molar-refractivity contribution >= 4 is 33.6 Å². The van der Waals surface area contributed by atoms with Gasteiger partial charge in [-0.25, -0.2) is 18.3 Å². The number of halogens is 2. The first kappa shape index (κ1) is 23.9. The molecular formula is C19H21F2N3O6S. The van der Waals surface area contributed by atoms with Gasteiger partial charge in [-0.2, -0.15) is 8.42 Å². The van der Waals surface area contributed by atoms with E-state index in [4.69, 9.17) is 9.47 Å². The Bertz CT molecular complexity index is 1080. The molecule has 0 aromatic heterocycles. The second-order valence-corrected chi connectivity index (χ2v) is 8.11. The predicted molar refractivity (Wildman–Crippen MR) is 109 cm³/mol. The first-order valence-corrected chi connectivity index (χ1v) is 10.4. The van der Waals surface area contributed by atoms with Gasteiger partial charge in [0.05, 0.1) is 19.4 Å². The van der Waals surface area contributed by atoms with Crippen LogP contribution in [0.25, 0.3) is 0 Å². The first-order chi connectivity index (χ1) is 14.5. The van der Waals surface area contributed by atoms with Crippen LogP contribution in [0.3, 0.4) is 0 Å². The number of anilines is 2. The molecule has 2 rings (SSSR count). The number of nitrogens with one attached hydrogen (secondary N) is 3. The predicted octanol–water partition coefficient (Wildman–Crippen LogP) is 3.26. The Morgan fingerprint density at radius 2 is 1.77 bits per heavy atom. The van der Waals surface area contributed by atoms with Gasteiger partial charge in [-0.05, 0) is 36.2 Å². The smallest absolute Gasteiger partial charge is 0.422 e. The highest BCUT2D eigenvalue weighted by atomic mass is 32.2. The van der Waals surface area contributed by atoms with Crippen LogP contribution >= 0.6 is 0 Å². The maximum absolute atomic E-state index is 13.3. The molecule has 0 aliphatic heterocycles. The average molecular weight is 457 g/mol. The normalized spacial score (nSPS) is 11.0. The molecule has 0 radical (unpaired) electrons. The lowest BCUT2D eigenvalue weighted by Crippen LogP contribution is -2.36. The summed E-state index contributed by atoms with van der Waals surface area (Å²) in [4.78, 5) is 24.1. The van der Waals surface area contributed by atoms with E-state index in [9.17, 15) is 26.8 Å². The summed E-state index contributed by atoms with van der Waals surface area (Å²) in [5, 5.41) is 2.36. The second-order valence-electron chi connectivity index (χ2n) is 6.70. The van der Waals surface area contributed by atoms with Gasteiger partial charge in [0, 0.05) is 17.3 Å². The van der Waals surface area contributed by atoms with E-state index in [0.29, 0.717) is 0 Å². The van der Waals surface area contributed by atoms with E-state index < -0.39 is 33.8 Å². The van der Waals surface area contributed by atoms with Crippen molar-refractivity contribution < 1.29 is 36.3 Å². The molecule has 168 valence electrons. The third-order valence-electron chi connectivity index (χ3n) is 3.65. The SMILES string of the molecule is COc1ccc(C(=O)Nc2ccc(F)c(F)c2)cc1NS(=O)(=O)NC(=O)OCC(C)C. The number of carbonyl (C=O) groups excluding carboxylic acids is 2. The number of hydrogen-bond acceptors (Lipinski definition) is 6. The molecule has 0 atom stereocenters. The molecule has 0 fully saturated rings. The van der Waals surface area contributed by atoms with E-state index in [1.807, 2.05) is 0 Å². The Morgan fingerprint density at radius 3 is 2.39 bits per heavy atom. The Hall–Kier alpha value is -3.41. The minimum absolute atomic E-state index is 0.00332. The van der Waals surface area contributed by atoms with Gasteiger partial charge in [0.25, 0.3) is 5.91 Å². The molecule has 0 aliphatic rings. The highest BCUT2D eigenvalue weighted by Crippen LogP contribution is 2.27. The molecule has 31 heavy (non-hydrogen) atoms. The first-order valence-electron chi connectivity index (χ1n) is 8.92. The van der Waals surface area contributed by atoms with Crippen LogP contribution in [0.15, 0.2) is 36.4 Å². The number of ether oxygens (including phenoxy) is 2. The number of rotatable bonds is 8. The number of benzene rings is 2. The van der Waals surface area contributed by atoms with Crippen molar-refractivity contribution in [1.82, 2.24) is 4.72 Å². The fraction of sp³-hybridized carbons (Fsp3) is 0.263. The molecule has 12 heteroatoms. The van der Waals surface area contributed by atoms with Crippen molar-refractivity contribution in [2.75, 3.05) is 23.8 Å². The number of hydrogen-bond donors (Lipinski definition) is 3. The summed E-state index contributed by atoms with van der Waals surface area (Å²) in [7, 11) is -3.13. The van der Waals surface area contributed by atoms with Crippen molar-refractivity contribution in [3.8, 4) is 5.75 Å². The topological polar surface area (TPSA) is 123 Å². The van der Waals surface area contributed by atoms with Crippen LogP contribution < -0.4 is 19.5 Å². The van der Waals surface area contributed by atoms with Crippen LogP contribution in [0, 0.1) is 17.6 Å². The second kappa shape index (κ2) is 10.1. The van der Waals surface area contributed by atoms with Gasteiger partial charge in [-0.1, -0.05) is 13.8 Å². The molecule has 0 bridgehead atoms. The van der Waals surface area contributed by atoms with Gasteiger partial charge in [-0.15, -0.1) is 0 Å². The third-order valence-corrected chi connectivity index (χ3v) is 4.57. The summed E-state index contributed by atoms with van der Waals surface area (Å²) >= 11 is 0. The monoisotopic (exact) mass is 457 g/mol. The van der Waals surface area contributed by atoms with Crippen LogP contribution in [0.5, 0.6) is 5.75 Å². The molecule has 2 aromatic rings. The minimum atomic E-state index is -4.40. The molecule has 0 saturated carbocycles. The van der Waals surface area contributed by atoms with Crippen LogP contribution in [-0.4, -0.2) is 34.1 Å². The lowest BCUT2D eigenvalue weighted by atomic mass is 10.1. The summed E-state index contributed by atoms with van der Waals surface area (Å²) in [5.41, 5.74) is -0.174. The van der Waals surface area contributed by atoms with E-state index >= 15 is 0 Å². The summed E-state index contributed by atoms with van der Waals surface area (Å²) < 4.78 is 64.3. The van der Waals surface area contributed by atoms with Gasteiger partial charge < -0.3 is 14.8 Å². The lowest BCUT2D eigenvalue weighted by molar-refractivity contribution is 0.102. The van der Waals surface area contributed by atoms with Crippen LogP contribution in [-0.2, 0) is 14.9 Å². The number of methoxy groups -OCH3 is 1. The Kier molecular flexibility index (Phi) is 7.75. The van der Waals surface area contributed by atoms with Gasteiger partial charge in [0.1, 0.15) is 5.75 Å². The zero-order valence-electron chi connectivity index (χ0n) is 16.9. The Morgan fingerprint density at radius 1 is 1.06 bits per heavy atom. The molecular weight excluding hydrogens is 436 g/mol. The molecule has 0 spiro atoms. The Balaban J connectivity index is 2.18. The summed E-state index contributed by atoms with van der Waals surface area (Å²) in [6.07, 6.45) is -1.17. The van der Waals surface area contributed by atoms with Crippen LogP contribution in [0.2, 0.25) is 0 Å². The van der Waals surface area contributed by atoms with Crippen molar-refractivity contribution in [2.45, 2.75) is 13.8 Å². The zero-order valence-corrected chi connectivity index (χ0v) is 17.7. The highest BCUT2D eigenvalue weighted by Gasteiger charge is 2.19. The van der Waals surface area contributed by atoms with E-state index in [-0.39, 0.29) is 35.2 Å². The minimum Gasteiger partial charge on any atom is -0.495 e. The highest BCUT2D eigenvalue weighted by molar-refractivity contribution is 7.91. The molecule has 0 heterocycles. The van der Waals surface area contributed by atoms with Gasteiger partial charge in [-0.3, -0.25) is 9.52 Å². The van der Waals surface area contributed by atoms with Gasteiger partial charge in [0.15, 0.2) is 11.6 Å². The molecule has 0 unspecified atom stereocenters. The fourth-order valence-corrected chi connectivity index (χ4v) is 3.04. The quantitative estimate of drug-likeness (QED) is 0.559. The van der Waals surface area contributed by atoms with E-state index in [1.165, 1.54) is 19.2 Å². The standard InChI is InChI=1S/C19H21F2N3O6S/c1-11(2)10-30-19(26)24-31(27,28)23-16-8-12(4-7-17(16)29-3)18(25)22-13-5-6-14(20)15(21)9-13/h4-9,11,23H,10H2,1-3H3,(H,22,25)(H,24,26). The van der Waals surface area contributed by atoms with E-state index in [1.54, 1.807) is 18.6 Å². The third kappa shape index (κ3) is 7.10. The number of carbonyl (C=O) groups is 2. The molecule has 3 N–H and O–H groups in total. The van der Waals surface area contributed by atoms with E-state index in [2.05, 4.69) is 10.0 Å². The Labute approximate surface area is 177 Å². The molecule has 9 nitrogen and oxygen atoms in total. The van der Waals surface area contributed by atoms with Crippen LogP contribution in [0.1, 0.15) is 24.2 Å². The molecule has 2 amide bonds. The van der Waals surface area contributed by atoms with Crippen molar-refractivity contribution in [2.24, 2.45) is 5.92 Å². The van der Waals surface area contributed by atoms with Gasteiger partial charge >= 0.3 is 16.3 Å². The number of amides is 2. The van der Waals surface area contributed by atoms with Crippen molar-refractivity contribution in [3.05, 3.63) is 53.6 Å². The average Bonchev–Trinajstić information content (AvgIpc) is 2.68. The summed E-state index contributed by atoms with van der Waals surface area (Å²) in [5.74, 6) is -2.87. The summed E-state index contributed by atoms with van der Waals surface area (Å²) in [6.45, 7) is 3.58. The largest absolute Gasteiger partial charge is 0.495 e. The summed E-state index contributed by atoms with van der Waals surface area (Å²) in [6, 6.07) is 6.60. The van der Waals surface area contributed by atoms with Crippen molar-refractivity contribution in [3.63, 3.8) is 0 Å². The molecule has 0 aliphatic carbocycles. The maximum Gasteiger partial charge on any atom is 0.422 e. The van der Waals surface area contributed by atoms with Gasteiger partial charge in [0.2, 0.25) is 0 Å². The lowest BCUT2D eigenvalue weighted by Gasteiger charge is -2.14. The van der Waals surface area contributed by atoms with E-state index in [0.717, 1.165) is 24.3 Å². The van der Waals surface area contributed by atoms with Crippen LogP contribution in [0.4, 0.5) is 25.0 Å². The molecule has 2 aromatic carbocycles. The maximum atomic E-state index is 13.3. The zero-order chi connectivity index (χ0) is 23.2.